The maximum atomic E-state index is 4.62. The second-order valence-corrected chi connectivity index (χ2v) is 5.14. The standard InChI is InChI=1S/C13H14N2S/c1-9-3-2-4-11(15-9)13-10-6-8-16-12(10)5-7-14-13/h2-4,6,8,13-14H,5,7H2,1H3/t13-/m0/s1. The molecule has 1 aliphatic rings. The third kappa shape index (κ3) is 1.66. The van der Waals surface area contributed by atoms with Crippen molar-refractivity contribution in [2.75, 3.05) is 6.54 Å². The van der Waals surface area contributed by atoms with Crippen LogP contribution in [0.3, 0.4) is 0 Å². The normalized spacial score (nSPS) is 19.4. The molecule has 1 atom stereocenters. The quantitative estimate of drug-likeness (QED) is 0.814. The molecule has 0 spiro atoms. The lowest BCUT2D eigenvalue weighted by Crippen LogP contribution is -2.30. The van der Waals surface area contributed by atoms with E-state index in [-0.39, 0.29) is 6.04 Å². The van der Waals surface area contributed by atoms with Crippen LogP contribution in [0, 0.1) is 6.92 Å². The molecule has 3 heterocycles. The van der Waals surface area contributed by atoms with Crippen LogP contribution in [-0.2, 0) is 6.42 Å². The van der Waals surface area contributed by atoms with Gasteiger partial charge in [0.25, 0.3) is 0 Å². The smallest absolute Gasteiger partial charge is 0.0762 e. The van der Waals surface area contributed by atoms with E-state index >= 15 is 0 Å². The predicted molar refractivity (Wildman–Crippen MR) is 66.8 cm³/mol. The van der Waals surface area contributed by atoms with Crippen LogP contribution in [0.1, 0.15) is 27.9 Å². The largest absolute Gasteiger partial charge is 0.305 e. The first-order chi connectivity index (χ1) is 7.84. The summed E-state index contributed by atoms with van der Waals surface area (Å²) >= 11 is 1.86. The van der Waals surface area contributed by atoms with Gasteiger partial charge in [-0.1, -0.05) is 6.07 Å². The third-order valence-corrected chi connectivity index (χ3v) is 3.99. The third-order valence-electron chi connectivity index (χ3n) is 3.00. The topological polar surface area (TPSA) is 24.9 Å². The Labute approximate surface area is 99.4 Å². The molecule has 2 aromatic heterocycles. The fraction of sp³-hybridized carbons (Fsp3) is 0.308. The summed E-state index contributed by atoms with van der Waals surface area (Å²) in [6, 6.07) is 8.74. The Morgan fingerprint density at radius 3 is 3.19 bits per heavy atom. The Hall–Kier alpha value is -1.19. The summed E-state index contributed by atoms with van der Waals surface area (Å²) in [5.74, 6) is 0. The molecule has 2 aromatic rings. The SMILES string of the molecule is Cc1cccc([C@H]2NCCc3sccc32)n1. The fourth-order valence-electron chi connectivity index (χ4n) is 2.24. The van der Waals surface area contributed by atoms with Crippen molar-refractivity contribution >= 4 is 11.3 Å². The van der Waals surface area contributed by atoms with Gasteiger partial charge >= 0.3 is 0 Å². The van der Waals surface area contributed by atoms with Gasteiger partial charge in [0.1, 0.15) is 0 Å². The number of hydrogen-bond donors (Lipinski definition) is 1. The molecule has 3 rings (SSSR count). The van der Waals surface area contributed by atoms with Crippen LogP contribution in [0.25, 0.3) is 0 Å². The second-order valence-electron chi connectivity index (χ2n) is 4.14. The van der Waals surface area contributed by atoms with Crippen LogP contribution in [0.4, 0.5) is 0 Å². The van der Waals surface area contributed by atoms with E-state index in [1.54, 1.807) is 0 Å². The minimum atomic E-state index is 0.287. The number of aromatic nitrogens is 1. The highest BCUT2D eigenvalue weighted by molar-refractivity contribution is 7.10. The van der Waals surface area contributed by atoms with E-state index in [4.69, 9.17) is 0 Å². The van der Waals surface area contributed by atoms with Crippen molar-refractivity contribution in [1.29, 1.82) is 0 Å². The molecule has 0 aliphatic carbocycles. The average molecular weight is 230 g/mol. The van der Waals surface area contributed by atoms with E-state index in [1.807, 2.05) is 24.3 Å². The van der Waals surface area contributed by atoms with Crippen LogP contribution >= 0.6 is 11.3 Å². The summed E-state index contributed by atoms with van der Waals surface area (Å²) in [6.45, 7) is 3.09. The number of pyridine rings is 1. The molecule has 1 N–H and O–H groups in total. The van der Waals surface area contributed by atoms with E-state index in [0.29, 0.717) is 0 Å². The first-order valence-electron chi connectivity index (χ1n) is 5.58. The molecular formula is C13H14N2S. The monoisotopic (exact) mass is 230 g/mol. The first-order valence-corrected chi connectivity index (χ1v) is 6.46. The van der Waals surface area contributed by atoms with Crippen molar-refractivity contribution < 1.29 is 0 Å². The van der Waals surface area contributed by atoms with Gasteiger partial charge in [0.2, 0.25) is 0 Å². The van der Waals surface area contributed by atoms with E-state index in [1.165, 1.54) is 10.4 Å². The molecule has 0 radical (unpaired) electrons. The Kier molecular flexibility index (Phi) is 2.50. The van der Waals surface area contributed by atoms with Gasteiger partial charge < -0.3 is 5.32 Å². The lowest BCUT2D eigenvalue weighted by Gasteiger charge is -2.24. The number of fused-ring (bicyclic) bond motifs is 1. The summed E-state index contributed by atoms with van der Waals surface area (Å²) in [7, 11) is 0. The highest BCUT2D eigenvalue weighted by Gasteiger charge is 2.22. The summed E-state index contributed by atoms with van der Waals surface area (Å²) in [4.78, 5) is 6.12. The summed E-state index contributed by atoms with van der Waals surface area (Å²) in [5, 5.41) is 5.73. The molecule has 0 fully saturated rings. The minimum Gasteiger partial charge on any atom is -0.305 e. The molecular weight excluding hydrogens is 216 g/mol. The van der Waals surface area contributed by atoms with Gasteiger partial charge in [0, 0.05) is 17.1 Å². The van der Waals surface area contributed by atoms with Crippen molar-refractivity contribution in [1.82, 2.24) is 10.3 Å². The van der Waals surface area contributed by atoms with Gasteiger partial charge in [-0.2, -0.15) is 0 Å². The van der Waals surface area contributed by atoms with Gasteiger partial charge in [0.15, 0.2) is 0 Å². The number of rotatable bonds is 1. The summed E-state index contributed by atoms with van der Waals surface area (Å²) in [6.07, 6.45) is 1.15. The Bertz CT molecular complexity index is 504. The van der Waals surface area contributed by atoms with Crippen LogP contribution in [0.5, 0.6) is 0 Å². The highest BCUT2D eigenvalue weighted by Crippen LogP contribution is 2.31. The van der Waals surface area contributed by atoms with E-state index in [0.717, 1.165) is 24.4 Å². The van der Waals surface area contributed by atoms with E-state index in [9.17, 15) is 0 Å². The molecule has 3 heteroatoms. The number of hydrogen-bond acceptors (Lipinski definition) is 3. The van der Waals surface area contributed by atoms with Gasteiger partial charge in [-0.3, -0.25) is 4.98 Å². The fourth-order valence-corrected chi connectivity index (χ4v) is 3.16. The number of nitrogens with one attached hydrogen (secondary N) is 1. The summed E-state index contributed by atoms with van der Waals surface area (Å²) in [5.41, 5.74) is 3.63. The predicted octanol–water partition coefficient (Wildman–Crippen LogP) is 2.69. The zero-order valence-corrected chi connectivity index (χ0v) is 10.1. The minimum absolute atomic E-state index is 0.287. The Balaban J connectivity index is 2.04. The Morgan fingerprint density at radius 1 is 1.38 bits per heavy atom. The van der Waals surface area contributed by atoms with Crippen molar-refractivity contribution in [2.24, 2.45) is 0 Å². The maximum Gasteiger partial charge on any atom is 0.0762 e. The zero-order valence-electron chi connectivity index (χ0n) is 9.23. The molecule has 0 bridgehead atoms. The van der Waals surface area contributed by atoms with Gasteiger partial charge in [-0.05, 0) is 42.5 Å². The number of nitrogens with zero attached hydrogens (tertiary/aromatic N) is 1. The van der Waals surface area contributed by atoms with Crippen molar-refractivity contribution in [2.45, 2.75) is 19.4 Å². The van der Waals surface area contributed by atoms with Gasteiger partial charge in [0.05, 0.1) is 11.7 Å². The van der Waals surface area contributed by atoms with Gasteiger partial charge in [-0.25, -0.2) is 0 Å². The van der Waals surface area contributed by atoms with Crippen LogP contribution in [0.15, 0.2) is 29.6 Å². The molecule has 0 aromatic carbocycles. The lowest BCUT2D eigenvalue weighted by molar-refractivity contribution is 0.562. The molecule has 82 valence electrons. The molecule has 16 heavy (non-hydrogen) atoms. The number of aryl methyl sites for hydroxylation is 1. The van der Waals surface area contributed by atoms with E-state index in [2.05, 4.69) is 33.9 Å². The van der Waals surface area contributed by atoms with Crippen LogP contribution in [-0.4, -0.2) is 11.5 Å². The van der Waals surface area contributed by atoms with Crippen LogP contribution < -0.4 is 5.32 Å². The molecule has 0 unspecified atom stereocenters. The molecule has 0 saturated carbocycles. The highest BCUT2D eigenvalue weighted by atomic mass is 32.1. The number of thiophene rings is 1. The molecule has 1 aliphatic heterocycles. The van der Waals surface area contributed by atoms with Crippen molar-refractivity contribution in [3.8, 4) is 0 Å². The van der Waals surface area contributed by atoms with E-state index < -0.39 is 0 Å². The van der Waals surface area contributed by atoms with Gasteiger partial charge in [-0.15, -0.1) is 11.3 Å². The first kappa shape index (κ1) is 10.00. The summed E-state index contributed by atoms with van der Waals surface area (Å²) < 4.78 is 0. The molecule has 0 amide bonds. The van der Waals surface area contributed by atoms with Crippen LogP contribution in [0.2, 0.25) is 0 Å². The van der Waals surface area contributed by atoms with Crippen molar-refractivity contribution in [3.05, 3.63) is 51.5 Å². The molecule has 0 saturated heterocycles. The Morgan fingerprint density at radius 2 is 2.31 bits per heavy atom. The zero-order chi connectivity index (χ0) is 11.0. The lowest BCUT2D eigenvalue weighted by atomic mass is 9.99. The molecule has 2 nitrogen and oxygen atoms in total. The second kappa shape index (κ2) is 4.00. The van der Waals surface area contributed by atoms with Crippen molar-refractivity contribution in [3.63, 3.8) is 0 Å². The average Bonchev–Trinajstić information content (AvgIpc) is 2.76. The maximum absolute atomic E-state index is 4.62.